The molecule has 1 fully saturated rings. The minimum absolute atomic E-state index is 0.0242. The highest BCUT2D eigenvalue weighted by Crippen LogP contribution is 2.21. The molecule has 20 nitrogen and oxygen atoms in total. The molecule has 6 atom stereocenters. The summed E-state index contributed by atoms with van der Waals surface area (Å²) in [4.78, 5) is 131. The van der Waals surface area contributed by atoms with E-state index in [1.807, 2.05) is 81.2 Å². The van der Waals surface area contributed by atoms with E-state index >= 15 is 0 Å². The summed E-state index contributed by atoms with van der Waals surface area (Å²) in [5.74, 6) is -3.48. The number of nitrogens with zero attached hydrogens (tertiary/aromatic N) is 7. The van der Waals surface area contributed by atoms with Crippen molar-refractivity contribution >= 4 is 53.7 Å². The van der Waals surface area contributed by atoms with Crippen LogP contribution in [-0.2, 0) is 24.0 Å². The molecule has 0 aromatic carbocycles. The van der Waals surface area contributed by atoms with Gasteiger partial charge >= 0.3 is 24.1 Å². The van der Waals surface area contributed by atoms with E-state index in [2.05, 4.69) is 21.3 Å². The Morgan fingerprint density at radius 2 is 1.00 bits per heavy atom. The van der Waals surface area contributed by atoms with Crippen molar-refractivity contribution in [2.75, 3.05) is 55.9 Å². The van der Waals surface area contributed by atoms with E-state index in [1.165, 1.54) is 38.0 Å². The van der Waals surface area contributed by atoms with E-state index in [4.69, 9.17) is 0 Å². The van der Waals surface area contributed by atoms with Gasteiger partial charge in [-0.25, -0.2) is 24.1 Å². The molecule has 0 aromatic heterocycles. The van der Waals surface area contributed by atoms with Crippen molar-refractivity contribution in [2.45, 2.75) is 138 Å². The highest BCUT2D eigenvalue weighted by molar-refractivity contribution is 6.07. The number of amides is 13. The highest BCUT2D eigenvalue weighted by atomic mass is 16.2. The van der Waals surface area contributed by atoms with E-state index in [1.54, 1.807) is 6.92 Å². The molecule has 13 amide bonds. The summed E-state index contributed by atoms with van der Waals surface area (Å²) in [5, 5.41) is 10.9. The van der Waals surface area contributed by atoms with Crippen molar-refractivity contribution in [3.8, 4) is 0 Å². The van der Waals surface area contributed by atoms with Crippen molar-refractivity contribution < 1.29 is 43.2 Å². The van der Waals surface area contributed by atoms with E-state index < -0.39 is 96.7 Å². The first-order chi connectivity index (χ1) is 28.9. The van der Waals surface area contributed by atoms with Crippen LogP contribution in [0.1, 0.15) is 102 Å². The zero-order chi connectivity index (χ0) is 49.0. The normalized spacial score (nSPS) is 25.3. The molecule has 0 bridgehead atoms. The topological polar surface area (TPSA) is 224 Å². The Hall–Kier alpha value is -4.85. The van der Waals surface area contributed by atoms with Crippen LogP contribution in [0.5, 0.6) is 0 Å². The maximum atomic E-state index is 14.4. The van der Waals surface area contributed by atoms with Gasteiger partial charge in [-0.15, -0.1) is 0 Å². The summed E-state index contributed by atoms with van der Waals surface area (Å²) in [6.45, 7) is 20.1. The summed E-state index contributed by atoms with van der Waals surface area (Å²) in [7, 11) is 9.53. The molecule has 20 heteroatoms. The summed E-state index contributed by atoms with van der Waals surface area (Å²) < 4.78 is 0. The minimum Gasteiger partial charge on any atom is -0.338 e. The second-order valence-corrected chi connectivity index (χ2v) is 19.0. The molecule has 63 heavy (non-hydrogen) atoms. The number of carbonyl (C=O) groups is 9. The average molecular weight is 894 g/mol. The molecule has 360 valence electrons. The summed E-state index contributed by atoms with van der Waals surface area (Å²) in [5.41, 5.74) is 0. The van der Waals surface area contributed by atoms with E-state index in [0.29, 0.717) is 16.2 Å². The first-order valence-corrected chi connectivity index (χ1v) is 21.9. The van der Waals surface area contributed by atoms with Gasteiger partial charge in [0.05, 0.1) is 18.4 Å². The lowest BCUT2D eigenvalue weighted by Gasteiger charge is -2.41. The molecule has 0 aromatic rings. The van der Waals surface area contributed by atoms with Crippen LogP contribution in [-0.4, -0.2) is 180 Å². The first kappa shape index (κ1) is 56.2. The second kappa shape index (κ2) is 24.9. The van der Waals surface area contributed by atoms with Crippen molar-refractivity contribution in [1.82, 2.24) is 55.6 Å². The molecule has 0 saturated carbocycles. The Morgan fingerprint density at radius 3 is 1.48 bits per heavy atom. The fraction of sp³-hybridized carbons (Fsp3) is 0.791. The minimum atomic E-state index is -1.22. The third kappa shape index (κ3) is 16.3. The monoisotopic (exact) mass is 894 g/mol. The Morgan fingerprint density at radius 1 is 0.524 bits per heavy atom. The number of rotatable bonds is 9. The molecular weight excluding hydrogens is 815 g/mol. The van der Waals surface area contributed by atoms with Gasteiger partial charge < -0.3 is 24.9 Å². The van der Waals surface area contributed by atoms with Crippen LogP contribution in [0, 0.1) is 29.6 Å². The number of likely N-dealkylation sites (N-methyl/N-ethyl adjacent to an activating group) is 5. The van der Waals surface area contributed by atoms with E-state index in [-0.39, 0.29) is 48.9 Å². The molecule has 0 spiro atoms. The molecule has 1 heterocycles. The predicted octanol–water partition coefficient (Wildman–Crippen LogP) is 2.98. The van der Waals surface area contributed by atoms with Crippen LogP contribution in [0.3, 0.4) is 0 Å². The van der Waals surface area contributed by atoms with Crippen LogP contribution < -0.4 is 21.3 Å². The van der Waals surface area contributed by atoms with Gasteiger partial charge in [0.15, 0.2) is 0 Å². The molecular formula is C43H79N11O9. The second-order valence-electron chi connectivity index (χ2n) is 19.0. The van der Waals surface area contributed by atoms with Gasteiger partial charge in [0.25, 0.3) is 5.91 Å². The highest BCUT2D eigenvalue weighted by Gasteiger charge is 2.40. The number of hydrogen-bond donors (Lipinski definition) is 4. The maximum absolute atomic E-state index is 14.4. The Labute approximate surface area is 375 Å². The van der Waals surface area contributed by atoms with Crippen molar-refractivity contribution in [2.24, 2.45) is 29.6 Å². The Kier molecular flexibility index (Phi) is 22.2. The lowest BCUT2D eigenvalue weighted by atomic mass is 9.98. The quantitative estimate of drug-likeness (QED) is 0.263. The molecule has 0 aliphatic carbocycles. The molecule has 2 unspecified atom stereocenters. The zero-order valence-electron chi connectivity index (χ0n) is 41.2. The predicted molar refractivity (Wildman–Crippen MR) is 239 cm³/mol. The maximum Gasteiger partial charge on any atom is 0.334 e. The van der Waals surface area contributed by atoms with Crippen molar-refractivity contribution in [1.29, 1.82) is 0 Å². The van der Waals surface area contributed by atoms with Gasteiger partial charge in [0.1, 0.15) is 24.7 Å². The zero-order valence-corrected chi connectivity index (χ0v) is 41.2. The van der Waals surface area contributed by atoms with Crippen LogP contribution in [0.2, 0.25) is 0 Å². The molecule has 1 saturated heterocycles. The molecule has 4 N–H and O–H groups in total. The van der Waals surface area contributed by atoms with Crippen LogP contribution >= 0.6 is 0 Å². The van der Waals surface area contributed by atoms with Crippen LogP contribution in [0.15, 0.2) is 0 Å². The summed E-state index contributed by atoms with van der Waals surface area (Å²) in [6.07, 6.45) is 0.00406. The van der Waals surface area contributed by atoms with Gasteiger partial charge in [-0.05, 0) is 69.2 Å². The average Bonchev–Trinajstić information content (AvgIpc) is 3.18. The smallest absolute Gasteiger partial charge is 0.334 e. The summed E-state index contributed by atoms with van der Waals surface area (Å²) in [6, 6.07) is -8.42. The van der Waals surface area contributed by atoms with Crippen molar-refractivity contribution in [3.05, 3.63) is 0 Å². The van der Waals surface area contributed by atoms with E-state index in [0.717, 1.165) is 23.9 Å². The standard InChI is InChI=1S/C43H79N11O9/c1-24(2)19-30-37(57)45-35(28(9)10)52(16)33(22-27(7)8)44-29(11)36(56)46-41(61)51(15)32(21-26(5)6)38(58)50(14)31(20-25(3)4)39(59)53(17)43(63)54(18)42(62)47-40(60)48(12)23-34(55)49(30)13/h24-33,35,44H,19-23H2,1-18H3,(H,45,57)(H,46,56,61)(H,47,60,62)/t29-,30+,31?,32-,33-,35?/m1/s1. The molecule has 1 aliphatic rings. The number of carbonyl (C=O) groups excluding carboxylic acids is 9. The number of nitrogens with one attached hydrogen (secondary N) is 4. The molecule has 0 radical (unpaired) electrons. The third-order valence-corrected chi connectivity index (χ3v) is 11.2. The first-order valence-electron chi connectivity index (χ1n) is 21.9. The van der Waals surface area contributed by atoms with Crippen LogP contribution in [0.4, 0.5) is 19.2 Å². The SMILES string of the molecule is CC(C)CC1C(=O)N(C)C(=O)N(C)C(=O)NC(=O)N(C)CC(=O)N(C)[C@@H](CC(C)C)C(=O)NC(C(C)C)N(C)[C@H](CC(C)C)N[C@H](C)C(=O)NC(=O)N(C)[C@H](CC(C)C)C(=O)N1C. The number of hydrogen-bond acceptors (Lipinski definition) is 11. The fourth-order valence-electron chi connectivity index (χ4n) is 7.26. The van der Waals surface area contributed by atoms with Crippen molar-refractivity contribution in [3.63, 3.8) is 0 Å². The van der Waals surface area contributed by atoms with Gasteiger partial charge in [0, 0.05) is 42.3 Å². The Balaban J connectivity index is 3.92. The number of urea groups is 4. The molecule has 1 rings (SSSR count). The van der Waals surface area contributed by atoms with Crippen LogP contribution in [0.25, 0.3) is 0 Å². The van der Waals surface area contributed by atoms with Gasteiger partial charge in [-0.1, -0.05) is 69.2 Å². The summed E-state index contributed by atoms with van der Waals surface area (Å²) >= 11 is 0. The van der Waals surface area contributed by atoms with E-state index in [9.17, 15) is 43.2 Å². The van der Waals surface area contributed by atoms with Gasteiger partial charge in [-0.3, -0.25) is 49.7 Å². The largest absolute Gasteiger partial charge is 0.338 e. The number of imide groups is 4. The third-order valence-electron chi connectivity index (χ3n) is 11.2. The Bertz CT molecular complexity index is 1640. The molecule has 1 aliphatic heterocycles. The van der Waals surface area contributed by atoms with Gasteiger partial charge in [0.2, 0.25) is 23.6 Å². The lowest BCUT2D eigenvalue weighted by Crippen LogP contribution is -2.63. The van der Waals surface area contributed by atoms with Gasteiger partial charge in [-0.2, -0.15) is 0 Å². The lowest BCUT2D eigenvalue weighted by molar-refractivity contribution is -0.145. The fourth-order valence-corrected chi connectivity index (χ4v) is 7.26.